The van der Waals surface area contributed by atoms with Crippen molar-refractivity contribution in [2.75, 3.05) is 23.9 Å². The van der Waals surface area contributed by atoms with Crippen molar-refractivity contribution in [1.82, 2.24) is 15.0 Å². The summed E-state index contributed by atoms with van der Waals surface area (Å²) in [5.74, 6) is -2.64. The van der Waals surface area contributed by atoms with Gasteiger partial charge in [0, 0.05) is 36.5 Å². The highest BCUT2D eigenvalue weighted by atomic mass is 19.3. The smallest absolute Gasteiger partial charge is 0.281 e. The van der Waals surface area contributed by atoms with Crippen LogP contribution in [0.4, 0.5) is 31.9 Å². The standard InChI is InChI=1S/C25H23F2N5O2/c1-3-7-22(33)17-8-6-9-19(12-17)32-11-5-4-10-25(26,27)21-16-29-24(31-23(21)32)30-18-13-20(34-2)15-28-14-18/h3-9,12-16H,10-11H2,1-2H3,(H,29,30,31)/b5-4?,7-3+. The van der Waals surface area contributed by atoms with E-state index in [0.717, 1.165) is 6.20 Å². The maximum atomic E-state index is 15.0. The normalized spacial score (nSPS) is 14.9. The quantitative estimate of drug-likeness (QED) is 0.291. The van der Waals surface area contributed by atoms with Gasteiger partial charge in [-0.15, -0.1) is 0 Å². The molecule has 0 fully saturated rings. The maximum Gasteiger partial charge on any atom is 0.281 e. The number of ketones is 1. The van der Waals surface area contributed by atoms with E-state index in [1.165, 1.54) is 19.3 Å². The number of anilines is 4. The lowest BCUT2D eigenvalue weighted by Gasteiger charge is -2.29. The van der Waals surface area contributed by atoms with Gasteiger partial charge >= 0.3 is 0 Å². The van der Waals surface area contributed by atoms with Crippen molar-refractivity contribution in [1.29, 1.82) is 0 Å². The molecule has 2 aromatic heterocycles. The number of alkyl halides is 2. The van der Waals surface area contributed by atoms with Crippen LogP contribution in [-0.4, -0.2) is 34.4 Å². The van der Waals surface area contributed by atoms with Gasteiger partial charge in [-0.1, -0.05) is 30.4 Å². The number of carbonyl (C=O) groups is 1. The van der Waals surface area contributed by atoms with Crippen LogP contribution in [-0.2, 0) is 5.92 Å². The molecule has 0 bridgehead atoms. The van der Waals surface area contributed by atoms with Crippen LogP contribution in [0.15, 0.2) is 73.2 Å². The van der Waals surface area contributed by atoms with Crippen LogP contribution in [0.5, 0.6) is 5.75 Å². The molecule has 3 heterocycles. The lowest BCUT2D eigenvalue weighted by molar-refractivity contribution is -0.00129. The molecule has 0 spiro atoms. The van der Waals surface area contributed by atoms with Crippen molar-refractivity contribution < 1.29 is 18.3 Å². The Morgan fingerprint density at radius 1 is 1.21 bits per heavy atom. The zero-order chi connectivity index (χ0) is 24.1. The highest BCUT2D eigenvalue weighted by Crippen LogP contribution is 2.41. The zero-order valence-electron chi connectivity index (χ0n) is 18.7. The monoisotopic (exact) mass is 463 g/mol. The third kappa shape index (κ3) is 4.93. The number of hydrogen-bond acceptors (Lipinski definition) is 7. The van der Waals surface area contributed by atoms with E-state index < -0.39 is 12.3 Å². The van der Waals surface area contributed by atoms with E-state index in [1.807, 2.05) is 0 Å². The highest BCUT2D eigenvalue weighted by Gasteiger charge is 2.37. The molecule has 1 aliphatic heterocycles. The fourth-order valence-electron chi connectivity index (χ4n) is 3.53. The van der Waals surface area contributed by atoms with Crippen molar-refractivity contribution in [3.8, 4) is 5.75 Å². The second kappa shape index (κ2) is 9.78. The average molecular weight is 463 g/mol. The Balaban J connectivity index is 1.79. The SMILES string of the molecule is C/C=C/C(=O)c1cccc(N2CC=CCC(F)(F)c3cnc(Nc4cncc(OC)c4)nc32)c1. The first-order valence-electron chi connectivity index (χ1n) is 10.6. The van der Waals surface area contributed by atoms with E-state index in [4.69, 9.17) is 4.74 Å². The Morgan fingerprint density at radius 2 is 2.06 bits per heavy atom. The number of hydrogen-bond donors (Lipinski definition) is 1. The van der Waals surface area contributed by atoms with E-state index in [1.54, 1.807) is 66.7 Å². The molecule has 0 unspecified atom stereocenters. The van der Waals surface area contributed by atoms with Gasteiger partial charge < -0.3 is 15.0 Å². The van der Waals surface area contributed by atoms with Crippen LogP contribution in [0.2, 0.25) is 0 Å². The number of rotatable bonds is 6. The summed E-state index contributed by atoms with van der Waals surface area (Å²) in [6.07, 6.45) is 10.0. The Bertz CT molecular complexity index is 1260. The Morgan fingerprint density at radius 3 is 2.85 bits per heavy atom. The molecular formula is C25H23F2N5O2. The third-order valence-corrected chi connectivity index (χ3v) is 5.21. The van der Waals surface area contributed by atoms with Crippen LogP contribution in [0.25, 0.3) is 0 Å². The number of methoxy groups -OCH3 is 1. The molecular weight excluding hydrogens is 440 g/mol. The summed E-state index contributed by atoms with van der Waals surface area (Å²) in [5.41, 5.74) is 1.26. The third-order valence-electron chi connectivity index (χ3n) is 5.21. The average Bonchev–Trinajstić information content (AvgIpc) is 2.83. The van der Waals surface area contributed by atoms with Gasteiger partial charge in [0.2, 0.25) is 5.95 Å². The number of fused-ring (bicyclic) bond motifs is 1. The maximum absolute atomic E-state index is 15.0. The van der Waals surface area contributed by atoms with Gasteiger partial charge in [0.25, 0.3) is 5.92 Å². The summed E-state index contributed by atoms with van der Waals surface area (Å²) < 4.78 is 35.2. The summed E-state index contributed by atoms with van der Waals surface area (Å²) in [6, 6.07) is 8.52. The summed E-state index contributed by atoms with van der Waals surface area (Å²) in [6.45, 7) is 2.05. The van der Waals surface area contributed by atoms with Crippen LogP contribution >= 0.6 is 0 Å². The molecule has 0 amide bonds. The fraction of sp³-hybridized carbons (Fsp3) is 0.200. The molecule has 3 aromatic rings. The molecule has 7 nitrogen and oxygen atoms in total. The molecule has 9 heteroatoms. The molecule has 34 heavy (non-hydrogen) atoms. The van der Waals surface area contributed by atoms with Gasteiger partial charge in [0.1, 0.15) is 11.6 Å². The predicted octanol–water partition coefficient (Wildman–Crippen LogP) is 5.57. The summed E-state index contributed by atoms with van der Waals surface area (Å²) in [4.78, 5) is 26.7. The van der Waals surface area contributed by atoms with Crippen molar-refractivity contribution in [3.63, 3.8) is 0 Å². The Hall–Kier alpha value is -4.14. The molecule has 0 saturated carbocycles. The molecule has 1 N–H and O–H groups in total. The topological polar surface area (TPSA) is 80.2 Å². The van der Waals surface area contributed by atoms with E-state index in [9.17, 15) is 4.79 Å². The summed E-state index contributed by atoms with van der Waals surface area (Å²) in [5, 5.41) is 2.99. The van der Waals surface area contributed by atoms with Gasteiger partial charge in [-0.3, -0.25) is 9.78 Å². The zero-order valence-corrected chi connectivity index (χ0v) is 18.7. The number of halogens is 2. The van der Waals surface area contributed by atoms with Crippen molar-refractivity contribution in [2.24, 2.45) is 0 Å². The first-order chi connectivity index (χ1) is 16.4. The number of pyridine rings is 1. The molecule has 0 aliphatic carbocycles. The predicted molar refractivity (Wildman–Crippen MR) is 126 cm³/mol. The van der Waals surface area contributed by atoms with Crippen LogP contribution in [0.1, 0.15) is 29.3 Å². The fourth-order valence-corrected chi connectivity index (χ4v) is 3.53. The van der Waals surface area contributed by atoms with E-state index in [-0.39, 0.29) is 23.1 Å². The van der Waals surface area contributed by atoms with Crippen molar-refractivity contribution in [3.05, 3.63) is 84.4 Å². The Labute approximate surface area is 195 Å². The van der Waals surface area contributed by atoms with Crippen molar-refractivity contribution in [2.45, 2.75) is 19.3 Å². The molecule has 0 saturated heterocycles. The lowest BCUT2D eigenvalue weighted by Crippen LogP contribution is -2.27. The lowest BCUT2D eigenvalue weighted by atomic mass is 10.0. The van der Waals surface area contributed by atoms with E-state index in [0.29, 0.717) is 29.2 Å². The number of allylic oxidation sites excluding steroid dienone is 3. The first-order valence-corrected chi connectivity index (χ1v) is 10.6. The molecule has 174 valence electrons. The number of nitrogens with zero attached hydrogens (tertiary/aromatic N) is 4. The van der Waals surface area contributed by atoms with Gasteiger partial charge in [-0.25, -0.2) is 13.8 Å². The number of carbonyl (C=O) groups excluding carboxylic acids is 1. The number of aromatic nitrogens is 3. The van der Waals surface area contributed by atoms with Gasteiger partial charge in [0.15, 0.2) is 5.78 Å². The second-order valence-corrected chi connectivity index (χ2v) is 7.57. The first kappa shape index (κ1) is 23.0. The van der Waals surface area contributed by atoms with Gasteiger partial charge in [0.05, 0.1) is 30.8 Å². The molecule has 0 atom stereocenters. The Kier molecular flexibility index (Phi) is 6.62. The summed E-state index contributed by atoms with van der Waals surface area (Å²) in [7, 11) is 1.52. The van der Waals surface area contributed by atoms with Crippen LogP contribution in [0, 0.1) is 0 Å². The minimum absolute atomic E-state index is 0.0540. The minimum Gasteiger partial charge on any atom is -0.495 e. The summed E-state index contributed by atoms with van der Waals surface area (Å²) >= 11 is 0. The number of nitrogens with one attached hydrogen (secondary N) is 1. The highest BCUT2D eigenvalue weighted by molar-refractivity contribution is 6.05. The van der Waals surface area contributed by atoms with Crippen LogP contribution in [0.3, 0.4) is 0 Å². The molecule has 0 radical (unpaired) electrons. The number of benzene rings is 1. The van der Waals surface area contributed by atoms with Gasteiger partial charge in [-0.05, 0) is 25.1 Å². The molecule has 4 rings (SSSR count). The minimum atomic E-state index is -3.17. The van der Waals surface area contributed by atoms with Crippen molar-refractivity contribution >= 4 is 28.9 Å². The van der Waals surface area contributed by atoms with E-state index in [2.05, 4.69) is 20.3 Å². The van der Waals surface area contributed by atoms with E-state index >= 15 is 8.78 Å². The second-order valence-electron chi connectivity index (χ2n) is 7.57. The largest absolute Gasteiger partial charge is 0.495 e. The number of ether oxygens (including phenoxy) is 1. The molecule has 1 aromatic carbocycles. The van der Waals surface area contributed by atoms with Crippen LogP contribution < -0.4 is 15.0 Å². The molecule has 1 aliphatic rings. The van der Waals surface area contributed by atoms with Gasteiger partial charge in [-0.2, -0.15) is 4.98 Å².